The van der Waals surface area contributed by atoms with Gasteiger partial charge in [-0.25, -0.2) is 0 Å². The average Bonchev–Trinajstić information content (AvgIpc) is 2.02. The van der Waals surface area contributed by atoms with Crippen LogP contribution in [0.15, 0.2) is 0 Å². The van der Waals surface area contributed by atoms with Crippen molar-refractivity contribution in [3.8, 4) is 0 Å². The molecule has 0 aromatic heterocycles. The summed E-state index contributed by atoms with van der Waals surface area (Å²) in [6.07, 6.45) is 0. The van der Waals surface area contributed by atoms with Gasteiger partial charge in [-0.1, -0.05) is 0 Å². The average molecular weight is 215 g/mol. The summed E-state index contributed by atoms with van der Waals surface area (Å²) in [4.78, 5) is 0. The van der Waals surface area contributed by atoms with Crippen LogP contribution in [0.4, 0.5) is 0 Å². The van der Waals surface area contributed by atoms with Crippen molar-refractivity contribution in [3.05, 3.63) is 0 Å². The third-order valence-corrected chi connectivity index (χ3v) is 2.14. The molecule has 0 fully saturated rings. The van der Waals surface area contributed by atoms with E-state index in [-0.39, 0.29) is 0 Å². The van der Waals surface area contributed by atoms with Crippen LogP contribution in [0.3, 0.4) is 0 Å². The van der Waals surface area contributed by atoms with Crippen molar-refractivity contribution < 1.29 is 28.3 Å². The Labute approximate surface area is 75.9 Å². The predicted molar refractivity (Wildman–Crippen MR) is 43.2 cm³/mol. The zero-order valence-corrected chi connectivity index (χ0v) is 7.61. The fourth-order valence-electron chi connectivity index (χ4n) is 0.786. The number of aliphatic hydroxyl groups excluding tert-OH is 3. The second-order valence-corrected chi connectivity index (χ2v) is 3.69. The van der Waals surface area contributed by atoms with Gasteiger partial charge in [0.15, 0.2) is 0 Å². The van der Waals surface area contributed by atoms with E-state index in [0.29, 0.717) is 0 Å². The standard InChI is InChI=1S/C5H13NO6S/c7-1-4(2-8)5(3-9)6-13(10,11)12/h4-9H,1-3H2,(H,10,11,12). The van der Waals surface area contributed by atoms with Crippen LogP contribution in [0.1, 0.15) is 0 Å². The summed E-state index contributed by atoms with van der Waals surface area (Å²) in [6, 6.07) is -1.09. The van der Waals surface area contributed by atoms with Crippen LogP contribution in [0, 0.1) is 5.92 Å². The molecule has 5 N–H and O–H groups in total. The zero-order chi connectivity index (χ0) is 10.5. The van der Waals surface area contributed by atoms with Crippen molar-refractivity contribution in [3.63, 3.8) is 0 Å². The first-order chi connectivity index (χ1) is 5.94. The Morgan fingerprint density at radius 1 is 1.08 bits per heavy atom. The molecular weight excluding hydrogens is 202 g/mol. The third kappa shape index (κ3) is 5.13. The van der Waals surface area contributed by atoms with Gasteiger partial charge >= 0.3 is 10.3 Å². The molecule has 0 heterocycles. The monoisotopic (exact) mass is 215 g/mol. The number of hydrogen-bond donors (Lipinski definition) is 5. The van der Waals surface area contributed by atoms with Crippen LogP contribution < -0.4 is 4.72 Å². The molecule has 0 saturated carbocycles. The maximum atomic E-state index is 10.3. The van der Waals surface area contributed by atoms with Gasteiger partial charge in [0.2, 0.25) is 0 Å². The van der Waals surface area contributed by atoms with Crippen molar-refractivity contribution in [1.29, 1.82) is 0 Å². The highest BCUT2D eigenvalue weighted by atomic mass is 32.2. The molecule has 0 rings (SSSR count). The second kappa shape index (κ2) is 5.47. The molecule has 1 atom stereocenters. The summed E-state index contributed by atoms with van der Waals surface area (Å²) < 4.78 is 30.6. The van der Waals surface area contributed by atoms with Crippen molar-refractivity contribution in [1.82, 2.24) is 4.72 Å². The first-order valence-corrected chi connectivity index (χ1v) is 4.96. The van der Waals surface area contributed by atoms with Gasteiger partial charge < -0.3 is 15.3 Å². The number of nitrogens with one attached hydrogen (secondary N) is 1. The molecule has 0 aromatic rings. The highest BCUT2D eigenvalue weighted by Crippen LogP contribution is 2.02. The highest BCUT2D eigenvalue weighted by Gasteiger charge is 2.23. The molecule has 80 valence electrons. The first kappa shape index (κ1) is 12.8. The summed E-state index contributed by atoms with van der Waals surface area (Å²) in [6.45, 7) is -1.61. The molecule has 0 radical (unpaired) electrons. The maximum absolute atomic E-state index is 10.3. The van der Waals surface area contributed by atoms with Crippen LogP contribution >= 0.6 is 0 Å². The summed E-state index contributed by atoms with van der Waals surface area (Å²) >= 11 is 0. The quantitative estimate of drug-likeness (QED) is 0.308. The molecule has 8 heteroatoms. The molecule has 1 unspecified atom stereocenters. The van der Waals surface area contributed by atoms with Crippen molar-refractivity contribution in [2.75, 3.05) is 19.8 Å². The SMILES string of the molecule is O=S(=O)(O)NC(CO)C(CO)CO. The lowest BCUT2D eigenvalue weighted by atomic mass is 10.0. The van der Waals surface area contributed by atoms with Crippen molar-refractivity contribution in [2.24, 2.45) is 5.92 Å². The summed E-state index contributed by atoms with van der Waals surface area (Å²) in [5, 5.41) is 25.9. The van der Waals surface area contributed by atoms with Crippen molar-refractivity contribution in [2.45, 2.75) is 6.04 Å². The van der Waals surface area contributed by atoms with Crippen LogP contribution in [0.2, 0.25) is 0 Å². The maximum Gasteiger partial charge on any atom is 0.333 e. The Bertz CT molecular complexity index is 223. The van der Waals surface area contributed by atoms with Gasteiger partial charge in [0.05, 0.1) is 12.6 Å². The fraction of sp³-hybridized carbons (Fsp3) is 1.00. The predicted octanol–water partition coefficient (Wildman–Crippen LogP) is -2.66. The van der Waals surface area contributed by atoms with Gasteiger partial charge in [-0.05, 0) is 0 Å². The number of rotatable bonds is 6. The minimum absolute atomic E-state index is 0.496. The summed E-state index contributed by atoms with van der Waals surface area (Å²) in [5.74, 6) is -0.841. The number of hydrogen-bond acceptors (Lipinski definition) is 5. The van der Waals surface area contributed by atoms with E-state index in [0.717, 1.165) is 0 Å². The normalized spacial score (nSPS) is 14.8. The Morgan fingerprint density at radius 3 is 1.77 bits per heavy atom. The molecule has 0 bridgehead atoms. The van der Waals surface area contributed by atoms with Crippen LogP contribution in [0.5, 0.6) is 0 Å². The molecule has 0 aromatic carbocycles. The smallest absolute Gasteiger partial charge is 0.333 e. The van der Waals surface area contributed by atoms with Gasteiger partial charge in [0.1, 0.15) is 0 Å². The van der Waals surface area contributed by atoms with Gasteiger partial charge in [0, 0.05) is 19.1 Å². The Hall–Kier alpha value is -0.250. The Balaban J connectivity index is 4.32. The largest absolute Gasteiger partial charge is 0.396 e. The molecule has 0 saturated heterocycles. The van der Waals surface area contributed by atoms with E-state index in [1.165, 1.54) is 0 Å². The topological polar surface area (TPSA) is 127 Å². The Morgan fingerprint density at radius 2 is 1.54 bits per heavy atom. The van der Waals surface area contributed by atoms with E-state index in [2.05, 4.69) is 0 Å². The second-order valence-electron chi connectivity index (χ2n) is 2.51. The van der Waals surface area contributed by atoms with Gasteiger partial charge in [-0.15, -0.1) is 0 Å². The molecular formula is C5H13NO6S. The van der Waals surface area contributed by atoms with Gasteiger partial charge in [-0.3, -0.25) is 4.55 Å². The molecule has 7 nitrogen and oxygen atoms in total. The molecule has 13 heavy (non-hydrogen) atoms. The molecule has 0 aliphatic heterocycles. The van der Waals surface area contributed by atoms with Gasteiger partial charge in [-0.2, -0.15) is 13.1 Å². The fourth-order valence-corrected chi connectivity index (χ4v) is 1.44. The van der Waals surface area contributed by atoms with Crippen LogP contribution in [0.25, 0.3) is 0 Å². The highest BCUT2D eigenvalue weighted by molar-refractivity contribution is 7.83. The van der Waals surface area contributed by atoms with E-state index < -0.39 is 42.1 Å². The molecule has 0 spiro atoms. The molecule has 0 aliphatic rings. The zero-order valence-electron chi connectivity index (χ0n) is 6.79. The van der Waals surface area contributed by atoms with Gasteiger partial charge in [0.25, 0.3) is 0 Å². The Kier molecular flexibility index (Phi) is 5.37. The lowest BCUT2D eigenvalue weighted by Crippen LogP contribution is -2.45. The summed E-state index contributed by atoms with van der Waals surface area (Å²) in [7, 11) is -4.43. The van der Waals surface area contributed by atoms with E-state index in [4.69, 9.17) is 19.9 Å². The van der Waals surface area contributed by atoms with Crippen LogP contribution in [-0.2, 0) is 10.3 Å². The van der Waals surface area contributed by atoms with E-state index in [9.17, 15) is 8.42 Å². The van der Waals surface area contributed by atoms with Crippen molar-refractivity contribution >= 4 is 10.3 Å². The molecule has 0 aliphatic carbocycles. The van der Waals surface area contributed by atoms with E-state index in [1.54, 1.807) is 4.72 Å². The molecule has 0 amide bonds. The number of aliphatic hydroxyl groups is 3. The first-order valence-electron chi connectivity index (χ1n) is 3.52. The van der Waals surface area contributed by atoms with E-state index in [1.807, 2.05) is 0 Å². The van der Waals surface area contributed by atoms with Crippen LogP contribution in [-0.4, -0.2) is 54.2 Å². The minimum atomic E-state index is -4.43. The minimum Gasteiger partial charge on any atom is -0.396 e. The van der Waals surface area contributed by atoms with E-state index >= 15 is 0 Å². The lowest BCUT2D eigenvalue weighted by Gasteiger charge is -2.21. The summed E-state index contributed by atoms with van der Waals surface area (Å²) in [5.41, 5.74) is 0. The lowest BCUT2D eigenvalue weighted by molar-refractivity contribution is 0.0997. The third-order valence-electron chi connectivity index (χ3n) is 1.54.